The molecule has 0 aliphatic carbocycles. The lowest BCUT2D eigenvalue weighted by atomic mass is 10.1. The predicted octanol–water partition coefficient (Wildman–Crippen LogP) is 4.22. The second kappa shape index (κ2) is 6.57. The van der Waals surface area contributed by atoms with Gasteiger partial charge in [0.2, 0.25) is 0 Å². The zero-order valence-electron chi connectivity index (χ0n) is 10.5. The topological polar surface area (TPSA) is 18.5 Å². The molecule has 100 valence electrons. The zero-order valence-corrected chi connectivity index (χ0v) is 12.1. The Morgan fingerprint density at radius 2 is 1.84 bits per heavy atom. The molecule has 0 atom stereocenters. The van der Waals surface area contributed by atoms with E-state index in [1.54, 1.807) is 13.2 Å². The molecular weight excluding hydrogens is 311 g/mol. The summed E-state index contributed by atoms with van der Waals surface area (Å²) in [6.45, 7) is 0.538. The van der Waals surface area contributed by atoms with Crippen LogP contribution >= 0.6 is 15.9 Å². The van der Waals surface area contributed by atoms with Gasteiger partial charge >= 0.3 is 0 Å². The van der Waals surface area contributed by atoms with Gasteiger partial charge in [0.1, 0.15) is 17.3 Å². The first kappa shape index (κ1) is 13.9. The average Bonchev–Trinajstić information content (AvgIpc) is 2.42. The minimum absolute atomic E-state index is 0.283. The summed E-state index contributed by atoms with van der Waals surface area (Å²) in [5.41, 5.74) is 1.17. The Morgan fingerprint density at radius 3 is 2.47 bits per heavy atom. The quantitative estimate of drug-likeness (QED) is 0.819. The summed E-state index contributed by atoms with van der Waals surface area (Å²) in [6.07, 6.45) is 0.786. The second-order valence-electron chi connectivity index (χ2n) is 4.02. The van der Waals surface area contributed by atoms with E-state index < -0.39 is 0 Å². The molecule has 0 radical (unpaired) electrons. The molecule has 0 fully saturated rings. The molecule has 0 heterocycles. The second-order valence-corrected chi connectivity index (χ2v) is 4.88. The van der Waals surface area contributed by atoms with Gasteiger partial charge < -0.3 is 9.47 Å². The van der Waals surface area contributed by atoms with Crippen LogP contribution in [0.5, 0.6) is 11.5 Å². The molecule has 2 rings (SSSR count). The number of hydrogen-bond acceptors (Lipinski definition) is 2. The van der Waals surface area contributed by atoms with Crippen molar-refractivity contribution in [3.05, 3.63) is 58.3 Å². The third kappa shape index (κ3) is 3.96. The Bertz CT molecular complexity index is 540. The largest absolute Gasteiger partial charge is 0.497 e. The van der Waals surface area contributed by atoms with Crippen LogP contribution in [0.1, 0.15) is 5.56 Å². The molecule has 2 aromatic carbocycles. The van der Waals surface area contributed by atoms with E-state index in [1.807, 2.05) is 24.3 Å². The summed E-state index contributed by atoms with van der Waals surface area (Å²) in [6, 6.07) is 12.2. The van der Waals surface area contributed by atoms with Crippen LogP contribution in [-0.4, -0.2) is 13.7 Å². The minimum atomic E-state index is -0.283. The van der Waals surface area contributed by atoms with Crippen LogP contribution in [-0.2, 0) is 6.42 Å². The monoisotopic (exact) mass is 324 g/mol. The smallest absolute Gasteiger partial charge is 0.133 e. The Morgan fingerprint density at radius 1 is 1.11 bits per heavy atom. The van der Waals surface area contributed by atoms with Gasteiger partial charge in [-0.15, -0.1) is 0 Å². The van der Waals surface area contributed by atoms with E-state index in [-0.39, 0.29) is 5.82 Å². The third-order valence-corrected chi connectivity index (χ3v) is 3.32. The van der Waals surface area contributed by atoms with Gasteiger partial charge in [0, 0.05) is 6.42 Å². The molecule has 0 spiro atoms. The van der Waals surface area contributed by atoms with Crippen molar-refractivity contribution in [2.45, 2.75) is 6.42 Å². The maximum absolute atomic E-state index is 12.9. The van der Waals surface area contributed by atoms with Crippen LogP contribution in [0.2, 0.25) is 0 Å². The molecule has 0 bridgehead atoms. The van der Waals surface area contributed by atoms with Crippen molar-refractivity contribution in [1.29, 1.82) is 0 Å². The van der Waals surface area contributed by atoms with E-state index >= 15 is 0 Å². The van der Waals surface area contributed by atoms with Crippen molar-refractivity contribution in [3.8, 4) is 11.5 Å². The maximum atomic E-state index is 12.9. The third-order valence-electron chi connectivity index (χ3n) is 2.70. The van der Waals surface area contributed by atoms with E-state index in [4.69, 9.17) is 9.47 Å². The molecule has 0 aliphatic rings. The molecule has 0 saturated carbocycles. The van der Waals surface area contributed by atoms with Crippen molar-refractivity contribution in [2.75, 3.05) is 13.7 Å². The van der Waals surface area contributed by atoms with Gasteiger partial charge in [0.15, 0.2) is 0 Å². The van der Waals surface area contributed by atoms with Crippen LogP contribution in [0.25, 0.3) is 0 Å². The van der Waals surface area contributed by atoms with Gasteiger partial charge in [-0.1, -0.05) is 12.1 Å². The number of benzene rings is 2. The summed E-state index contributed by atoms with van der Waals surface area (Å²) >= 11 is 3.27. The highest BCUT2D eigenvalue weighted by Gasteiger charge is 2.02. The first-order valence-electron chi connectivity index (χ1n) is 5.90. The molecule has 0 aromatic heterocycles. The zero-order chi connectivity index (χ0) is 13.7. The van der Waals surface area contributed by atoms with Crippen LogP contribution in [0, 0.1) is 5.82 Å². The molecular formula is C15H14BrFO2. The molecule has 0 saturated heterocycles. The number of ether oxygens (including phenoxy) is 2. The van der Waals surface area contributed by atoms with Gasteiger partial charge in [0.25, 0.3) is 0 Å². The number of halogens is 2. The Kier molecular flexibility index (Phi) is 4.80. The summed E-state index contributed by atoms with van der Waals surface area (Å²) in [5.74, 6) is 1.20. The van der Waals surface area contributed by atoms with Crippen molar-refractivity contribution in [1.82, 2.24) is 0 Å². The highest BCUT2D eigenvalue weighted by Crippen LogP contribution is 2.25. The van der Waals surface area contributed by atoms with Gasteiger partial charge in [-0.25, -0.2) is 4.39 Å². The molecule has 0 unspecified atom stereocenters. The van der Waals surface area contributed by atoms with Crippen LogP contribution in [0.15, 0.2) is 46.9 Å². The van der Waals surface area contributed by atoms with Crippen LogP contribution in [0.3, 0.4) is 0 Å². The Hall–Kier alpha value is -1.55. The van der Waals surface area contributed by atoms with E-state index in [2.05, 4.69) is 15.9 Å². The lowest BCUT2D eigenvalue weighted by Gasteiger charge is -2.08. The lowest BCUT2D eigenvalue weighted by Crippen LogP contribution is -2.02. The van der Waals surface area contributed by atoms with Crippen molar-refractivity contribution in [2.24, 2.45) is 0 Å². The first-order chi connectivity index (χ1) is 9.19. The molecule has 4 heteroatoms. The lowest BCUT2D eigenvalue weighted by molar-refractivity contribution is 0.319. The molecule has 0 N–H and O–H groups in total. The fraction of sp³-hybridized carbons (Fsp3) is 0.200. The Labute approximate surface area is 120 Å². The summed E-state index contributed by atoms with van der Waals surface area (Å²) in [5, 5.41) is 0. The van der Waals surface area contributed by atoms with Gasteiger partial charge in [-0.3, -0.25) is 0 Å². The predicted molar refractivity (Wildman–Crippen MR) is 76.3 cm³/mol. The fourth-order valence-electron chi connectivity index (χ4n) is 1.66. The molecule has 0 aliphatic heterocycles. The number of rotatable bonds is 5. The van der Waals surface area contributed by atoms with Crippen LogP contribution < -0.4 is 9.47 Å². The molecule has 0 amide bonds. The Balaban J connectivity index is 1.88. The van der Waals surface area contributed by atoms with E-state index in [9.17, 15) is 4.39 Å². The van der Waals surface area contributed by atoms with Gasteiger partial charge in [-0.2, -0.15) is 0 Å². The summed E-state index contributed by atoms with van der Waals surface area (Å²) in [4.78, 5) is 0. The number of hydrogen-bond donors (Lipinski definition) is 0. The van der Waals surface area contributed by atoms with E-state index in [1.165, 1.54) is 17.7 Å². The normalized spacial score (nSPS) is 10.3. The maximum Gasteiger partial charge on any atom is 0.133 e. The first-order valence-corrected chi connectivity index (χ1v) is 6.69. The highest BCUT2D eigenvalue weighted by atomic mass is 79.9. The average molecular weight is 325 g/mol. The van der Waals surface area contributed by atoms with Crippen molar-refractivity contribution < 1.29 is 13.9 Å². The standard InChI is InChI=1S/C15H14BrFO2/c1-18-13-5-2-11(3-6-13)8-9-19-15-7-4-12(17)10-14(15)16/h2-7,10H,8-9H2,1H3. The molecule has 19 heavy (non-hydrogen) atoms. The van der Waals surface area contributed by atoms with Gasteiger partial charge in [0.05, 0.1) is 18.2 Å². The number of methoxy groups -OCH3 is 1. The fourth-order valence-corrected chi connectivity index (χ4v) is 2.13. The van der Waals surface area contributed by atoms with Crippen LogP contribution in [0.4, 0.5) is 4.39 Å². The van der Waals surface area contributed by atoms with Crippen molar-refractivity contribution in [3.63, 3.8) is 0 Å². The summed E-state index contributed by atoms with van der Waals surface area (Å²) in [7, 11) is 1.64. The van der Waals surface area contributed by atoms with Gasteiger partial charge in [-0.05, 0) is 51.8 Å². The van der Waals surface area contributed by atoms with E-state index in [0.29, 0.717) is 16.8 Å². The summed E-state index contributed by atoms with van der Waals surface area (Å²) < 4.78 is 24.2. The molecule has 2 nitrogen and oxygen atoms in total. The SMILES string of the molecule is COc1ccc(CCOc2ccc(F)cc2Br)cc1. The molecule has 2 aromatic rings. The van der Waals surface area contributed by atoms with Crippen molar-refractivity contribution >= 4 is 15.9 Å². The minimum Gasteiger partial charge on any atom is -0.497 e. The highest BCUT2D eigenvalue weighted by molar-refractivity contribution is 9.10. The van der Waals surface area contributed by atoms with E-state index in [0.717, 1.165) is 12.2 Å².